The number of hydrogen-bond acceptors (Lipinski definition) is 4. The van der Waals surface area contributed by atoms with E-state index in [0.29, 0.717) is 11.3 Å². The number of rotatable bonds is 4. The third-order valence-corrected chi connectivity index (χ3v) is 4.73. The van der Waals surface area contributed by atoms with Crippen molar-refractivity contribution in [3.05, 3.63) is 53.6 Å². The highest BCUT2D eigenvalue weighted by Gasteiger charge is 2.26. The average molecular weight is 337 g/mol. The molecule has 1 aliphatic heterocycles. The molecular formula is C20H23N3O2. The second-order valence-corrected chi connectivity index (χ2v) is 6.44. The average Bonchev–Trinajstić information content (AvgIpc) is 2.61. The van der Waals surface area contributed by atoms with Gasteiger partial charge >= 0.3 is 0 Å². The minimum atomic E-state index is -0.312. The van der Waals surface area contributed by atoms with Gasteiger partial charge in [0.25, 0.3) is 0 Å². The maximum atomic E-state index is 12.7. The van der Waals surface area contributed by atoms with Crippen LogP contribution in [0.1, 0.15) is 36.2 Å². The summed E-state index contributed by atoms with van der Waals surface area (Å²) >= 11 is 0. The molecule has 0 bridgehead atoms. The molecular weight excluding hydrogens is 314 g/mol. The lowest BCUT2D eigenvalue weighted by atomic mass is 9.98. The Morgan fingerprint density at radius 1 is 1.16 bits per heavy atom. The summed E-state index contributed by atoms with van der Waals surface area (Å²) in [7, 11) is 0. The van der Waals surface area contributed by atoms with Gasteiger partial charge < -0.3 is 16.0 Å². The van der Waals surface area contributed by atoms with E-state index in [4.69, 9.17) is 5.73 Å². The number of nitrogens with zero attached hydrogens (tertiary/aromatic N) is 1. The number of carbonyl (C=O) groups is 2. The second kappa shape index (κ2) is 6.97. The molecule has 0 fully saturated rings. The van der Waals surface area contributed by atoms with Crippen LogP contribution in [-0.2, 0) is 11.2 Å². The second-order valence-electron chi connectivity index (χ2n) is 6.44. The lowest BCUT2D eigenvalue weighted by Crippen LogP contribution is -2.44. The highest BCUT2D eigenvalue weighted by molar-refractivity contribution is 5.98. The van der Waals surface area contributed by atoms with Crippen molar-refractivity contribution in [2.45, 2.75) is 32.7 Å². The summed E-state index contributed by atoms with van der Waals surface area (Å²) < 4.78 is 0. The van der Waals surface area contributed by atoms with Crippen LogP contribution in [0, 0.1) is 0 Å². The van der Waals surface area contributed by atoms with Gasteiger partial charge in [-0.2, -0.15) is 0 Å². The summed E-state index contributed by atoms with van der Waals surface area (Å²) in [5.74, 6) is -0.0698. The fourth-order valence-corrected chi connectivity index (χ4v) is 3.26. The van der Waals surface area contributed by atoms with Gasteiger partial charge in [-0.15, -0.1) is 0 Å². The fraction of sp³-hybridized carbons (Fsp3) is 0.300. The molecule has 1 heterocycles. The van der Waals surface area contributed by atoms with E-state index < -0.39 is 0 Å². The summed E-state index contributed by atoms with van der Waals surface area (Å²) in [6.07, 6.45) is 1.92. The van der Waals surface area contributed by atoms with Crippen molar-refractivity contribution in [1.82, 2.24) is 0 Å². The van der Waals surface area contributed by atoms with Gasteiger partial charge in [0.05, 0.1) is 0 Å². The van der Waals surface area contributed by atoms with Crippen molar-refractivity contribution in [3.8, 4) is 0 Å². The lowest BCUT2D eigenvalue weighted by Gasteiger charge is -2.36. The van der Waals surface area contributed by atoms with Gasteiger partial charge in [-0.25, -0.2) is 0 Å². The highest BCUT2D eigenvalue weighted by Crippen LogP contribution is 2.32. The van der Waals surface area contributed by atoms with Gasteiger partial charge in [0.1, 0.15) is 6.04 Å². The molecule has 2 aromatic carbocycles. The number of nitrogens with two attached hydrogens (primary N) is 1. The summed E-state index contributed by atoms with van der Waals surface area (Å²) in [6, 6.07) is 12.5. The van der Waals surface area contributed by atoms with Crippen LogP contribution in [-0.4, -0.2) is 24.3 Å². The molecule has 1 aliphatic rings. The number of benzene rings is 2. The first-order chi connectivity index (χ1) is 12.0. The Bertz CT molecular complexity index is 799. The molecule has 0 aliphatic carbocycles. The molecule has 1 atom stereocenters. The Morgan fingerprint density at radius 3 is 2.56 bits per heavy atom. The first-order valence-electron chi connectivity index (χ1n) is 8.53. The van der Waals surface area contributed by atoms with Crippen LogP contribution < -0.4 is 16.0 Å². The fourth-order valence-electron chi connectivity index (χ4n) is 3.26. The van der Waals surface area contributed by atoms with Gasteiger partial charge in [-0.3, -0.25) is 9.59 Å². The topological polar surface area (TPSA) is 75.4 Å². The number of amides is 1. The Morgan fingerprint density at radius 2 is 1.88 bits per heavy atom. The minimum absolute atomic E-state index is 0.00811. The first-order valence-corrected chi connectivity index (χ1v) is 8.53. The van der Waals surface area contributed by atoms with E-state index in [0.717, 1.165) is 36.3 Å². The third kappa shape index (κ3) is 3.50. The van der Waals surface area contributed by atoms with E-state index in [1.165, 1.54) is 6.92 Å². The number of hydrogen-bond donors (Lipinski definition) is 2. The zero-order valence-corrected chi connectivity index (χ0v) is 14.6. The van der Waals surface area contributed by atoms with E-state index in [2.05, 4.69) is 10.2 Å². The molecule has 1 amide bonds. The predicted octanol–water partition coefficient (Wildman–Crippen LogP) is 3.25. The molecule has 3 rings (SSSR count). The zero-order valence-electron chi connectivity index (χ0n) is 14.6. The summed E-state index contributed by atoms with van der Waals surface area (Å²) in [6.45, 7) is 4.25. The number of nitrogen functional groups attached to an aromatic ring is 1. The molecule has 2 aromatic rings. The first kappa shape index (κ1) is 17.0. The van der Waals surface area contributed by atoms with Gasteiger partial charge in [0.15, 0.2) is 5.78 Å². The zero-order chi connectivity index (χ0) is 18.0. The quantitative estimate of drug-likeness (QED) is 0.663. The summed E-state index contributed by atoms with van der Waals surface area (Å²) in [4.78, 5) is 26.1. The predicted molar refractivity (Wildman–Crippen MR) is 101 cm³/mol. The Kier molecular flexibility index (Phi) is 4.74. The third-order valence-electron chi connectivity index (χ3n) is 4.73. The van der Waals surface area contributed by atoms with Gasteiger partial charge in [-0.05, 0) is 68.7 Å². The lowest BCUT2D eigenvalue weighted by molar-refractivity contribution is -0.117. The van der Waals surface area contributed by atoms with Gasteiger partial charge in [-0.1, -0.05) is 6.07 Å². The molecule has 0 saturated heterocycles. The molecule has 130 valence electrons. The Balaban J connectivity index is 1.75. The van der Waals surface area contributed by atoms with Crippen molar-refractivity contribution in [1.29, 1.82) is 0 Å². The SMILES string of the molecule is CC(=O)c1ccc(NC(=O)C(C)N2CCCc3c(N)cccc32)cc1. The van der Waals surface area contributed by atoms with E-state index >= 15 is 0 Å². The number of fused-ring (bicyclic) bond motifs is 1. The van der Waals surface area contributed by atoms with Crippen molar-refractivity contribution in [2.75, 3.05) is 22.5 Å². The highest BCUT2D eigenvalue weighted by atomic mass is 16.2. The molecule has 25 heavy (non-hydrogen) atoms. The monoisotopic (exact) mass is 337 g/mol. The van der Waals surface area contributed by atoms with E-state index in [9.17, 15) is 9.59 Å². The van der Waals surface area contributed by atoms with Gasteiger partial charge in [0, 0.05) is 29.2 Å². The minimum Gasteiger partial charge on any atom is -0.398 e. The van der Waals surface area contributed by atoms with E-state index in [1.807, 2.05) is 25.1 Å². The van der Waals surface area contributed by atoms with Crippen LogP contribution in [0.4, 0.5) is 17.1 Å². The number of nitrogens with one attached hydrogen (secondary N) is 1. The van der Waals surface area contributed by atoms with Gasteiger partial charge in [0.2, 0.25) is 5.91 Å². The number of ketones is 1. The summed E-state index contributed by atoms with van der Waals surface area (Å²) in [5, 5.41) is 2.93. The number of Topliss-reactive ketones (excluding diaryl/α,β-unsaturated/α-hetero) is 1. The number of anilines is 3. The molecule has 0 spiro atoms. The van der Waals surface area contributed by atoms with E-state index in [1.54, 1.807) is 24.3 Å². The molecule has 5 nitrogen and oxygen atoms in total. The molecule has 0 aromatic heterocycles. The Labute approximate surface area is 147 Å². The van der Waals surface area contributed by atoms with Crippen molar-refractivity contribution in [3.63, 3.8) is 0 Å². The van der Waals surface area contributed by atoms with Crippen LogP contribution in [0.3, 0.4) is 0 Å². The number of carbonyl (C=O) groups excluding carboxylic acids is 2. The molecule has 0 radical (unpaired) electrons. The molecule has 1 unspecified atom stereocenters. The van der Waals surface area contributed by atoms with E-state index in [-0.39, 0.29) is 17.7 Å². The van der Waals surface area contributed by atoms with Crippen molar-refractivity contribution >= 4 is 28.8 Å². The van der Waals surface area contributed by atoms with Crippen LogP contribution in [0.25, 0.3) is 0 Å². The molecule has 0 saturated carbocycles. The molecule has 3 N–H and O–H groups in total. The smallest absolute Gasteiger partial charge is 0.246 e. The van der Waals surface area contributed by atoms with Crippen molar-refractivity contribution < 1.29 is 9.59 Å². The largest absolute Gasteiger partial charge is 0.398 e. The maximum absolute atomic E-state index is 12.7. The summed E-state index contributed by atoms with van der Waals surface area (Å²) in [5.41, 5.74) is 10.4. The van der Waals surface area contributed by atoms with Crippen LogP contribution in [0.5, 0.6) is 0 Å². The standard InChI is InChI=1S/C20H23N3O2/c1-13(20(25)22-16-10-8-15(9-11-16)14(2)24)23-12-4-5-17-18(21)6-3-7-19(17)23/h3,6-11,13H,4-5,12,21H2,1-2H3,(H,22,25). The Hall–Kier alpha value is -2.82. The van der Waals surface area contributed by atoms with Crippen LogP contribution in [0.15, 0.2) is 42.5 Å². The maximum Gasteiger partial charge on any atom is 0.246 e. The van der Waals surface area contributed by atoms with Crippen LogP contribution in [0.2, 0.25) is 0 Å². The molecule has 5 heteroatoms. The van der Waals surface area contributed by atoms with Crippen LogP contribution >= 0.6 is 0 Å². The van der Waals surface area contributed by atoms with Crippen molar-refractivity contribution in [2.24, 2.45) is 0 Å². The normalized spacial score (nSPS) is 14.6.